The molecule has 3 N–H and O–H groups in total. The standard InChI is InChI=1S/C27H35FN3O12P/c1-15(2)41-24(35)16(3)30-44(37,43-18-9-7-17(13-19(18)38-5)8-10-22(33)39-6)40-14-20-23(34)27(4,28)25(42-20)31-12-11-21(32)29-26(31)36/h7-13,15-16,20,23,25,34H,14H2,1-6H3,(H,30,37)(H,29,32,36)/b10-8+. The second kappa shape index (κ2) is 14.3. The minimum absolute atomic E-state index is 0.0612. The number of benzene rings is 1. The molecule has 0 spiro atoms. The minimum Gasteiger partial charge on any atom is -0.493 e. The van der Waals surface area contributed by atoms with Crippen LogP contribution in [0.4, 0.5) is 4.39 Å². The summed E-state index contributed by atoms with van der Waals surface area (Å²) < 4.78 is 62.3. The number of aromatic nitrogens is 2. The number of aliphatic hydroxyl groups is 1. The quantitative estimate of drug-likeness (QED) is 0.163. The monoisotopic (exact) mass is 643 g/mol. The summed E-state index contributed by atoms with van der Waals surface area (Å²) in [6, 6.07) is 4.07. The SMILES string of the molecule is COC(=O)/C=C/c1ccc(OP(=O)(NC(C)C(=O)OC(C)C)OCC2OC(n3ccc(=O)[nH]c3=O)C(C)(F)C2O)c(OC)c1. The number of aromatic amines is 1. The zero-order chi connectivity index (χ0) is 32.8. The Bertz CT molecular complexity index is 1540. The zero-order valence-electron chi connectivity index (χ0n) is 24.8. The Morgan fingerprint density at radius 1 is 1.23 bits per heavy atom. The molecular formula is C27H35FN3O12P. The van der Waals surface area contributed by atoms with Crippen molar-refractivity contribution in [3.63, 3.8) is 0 Å². The van der Waals surface area contributed by atoms with Gasteiger partial charge in [-0.25, -0.2) is 18.5 Å². The van der Waals surface area contributed by atoms with Crippen molar-refractivity contribution in [1.29, 1.82) is 0 Å². The van der Waals surface area contributed by atoms with Gasteiger partial charge in [0, 0.05) is 18.3 Å². The predicted octanol–water partition coefficient (Wildman–Crippen LogP) is 1.85. The Kier molecular flexibility index (Phi) is 11.3. The fourth-order valence-electron chi connectivity index (χ4n) is 4.07. The lowest BCUT2D eigenvalue weighted by Gasteiger charge is -2.26. The van der Waals surface area contributed by atoms with E-state index in [0.717, 1.165) is 23.8 Å². The van der Waals surface area contributed by atoms with Gasteiger partial charge in [-0.3, -0.25) is 23.7 Å². The summed E-state index contributed by atoms with van der Waals surface area (Å²) in [5, 5.41) is 13.2. The van der Waals surface area contributed by atoms with Crippen LogP contribution in [-0.2, 0) is 32.9 Å². The van der Waals surface area contributed by atoms with Crippen LogP contribution in [-0.4, -0.2) is 77.4 Å². The molecule has 0 radical (unpaired) electrons. The van der Waals surface area contributed by atoms with Crippen LogP contribution in [0.3, 0.4) is 0 Å². The van der Waals surface area contributed by atoms with Gasteiger partial charge in [-0.05, 0) is 51.5 Å². The largest absolute Gasteiger partial charge is 0.493 e. The van der Waals surface area contributed by atoms with E-state index in [1.807, 2.05) is 4.98 Å². The molecule has 3 rings (SSSR count). The van der Waals surface area contributed by atoms with E-state index >= 15 is 4.39 Å². The number of nitrogens with zero attached hydrogens (tertiary/aromatic N) is 1. The fraction of sp³-hybridized carbons (Fsp3) is 0.481. The molecule has 1 saturated heterocycles. The molecular weight excluding hydrogens is 608 g/mol. The molecule has 15 nitrogen and oxygen atoms in total. The maximum Gasteiger partial charge on any atom is 0.459 e. The molecule has 0 saturated carbocycles. The highest BCUT2D eigenvalue weighted by atomic mass is 31.2. The lowest BCUT2D eigenvalue weighted by atomic mass is 9.98. The minimum atomic E-state index is -4.57. The van der Waals surface area contributed by atoms with Gasteiger partial charge >= 0.3 is 25.4 Å². The third kappa shape index (κ3) is 8.42. The molecule has 2 heterocycles. The van der Waals surface area contributed by atoms with Gasteiger partial charge in [0.15, 0.2) is 23.4 Å². The van der Waals surface area contributed by atoms with Crippen molar-refractivity contribution in [1.82, 2.24) is 14.6 Å². The number of rotatable bonds is 13. The van der Waals surface area contributed by atoms with E-state index in [1.54, 1.807) is 13.8 Å². The first-order chi connectivity index (χ1) is 20.6. The molecule has 1 aromatic carbocycles. The number of ether oxygens (including phenoxy) is 4. The number of carbonyl (C=O) groups excluding carboxylic acids is 2. The van der Waals surface area contributed by atoms with Crippen LogP contribution >= 0.6 is 7.75 Å². The van der Waals surface area contributed by atoms with Crippen LogP contribution in [0.2, 0.25) is 0 Å². The van der Waals surface area contributed by atoms with Gasteiger partial charge in [0.25, 0.3) is 5.56 Å². The highest BCUT2D eigenvalue weighted by Gasteiger charge is 2.56. The normalized spacial score (nSPS) is 23.7. The molecule has 1 aromatic heterocycles. The summed E-state index contributed by atoms with van der Waals surface area (Å²) in [4.78, 5) is 49.7. The number of methoxy groups -OCH3 is 2. The van der Waals surface area contributed by atoms with Gasteiger partial charge < -0.3 is 28.6 Å². The van der Waals surface area contributed by atoms with Gasteiger partial charge in [-0.15, -0.1) is 0 Å². The van der Waals surface area contributed by atoms with Crippen molar-refractivity contribution in [3.05, 3.63) is 62.9 Å². The smallest absolute Gasteiger partial charge is 0.459 e. The first kappa shape index (κ1) is 34.7. The van der Waals surface area contributed by atoms with Crippen molar-refractivity contribution in [3.8, 4) is 11.5 Å². The molecule has 242 valence electrons. The molecule has 2 aromatic rings. The van der Waals surface area contributed by atoms with E-state index < -0.39 is 73.8 Å². The second-order valence-electron chi connectivity index (χ2n) is 10.1. The molecule has 0 amide bonds. The Balaban J connectivity index is 1.89. The summed E-state index contributed by atoms with van der Waals surface area (Å²) in [6.07, 6.45) is -1.93. The summed E-state index contributed by atoms with van der Waals surface area (Å²) in [6.45, 7) is 4.83. The maximum absolute atomic E-state index is 15.7. The van der Waals surface area contributed by atoms with E-state index in [2.05, 4.69) is 9.82 Å². The predicted molar refractivity (Wildman–Crippen MR) is 153 cm³/mol. The van der Waals surface area contributed by atoms with E-state index in [-0.39, 0.29) is 11.5 Å². The first-order valence-electron chi connectivity index (χ1n) is 13.3. The average molecular weight is 644 g/mol. The highest BCUT2D eigenvalue weighted by molar-refractivity contribution is 7.52. The summed E-state index contributed by atoms with van der Waals surface area (Å²) in [5.74, 6) is -1.43. The zero-order valence-corrected chi connectivity index (χ0v) is 25.7. The number of alkyl halides is 1. The second-order valence-corrected chi connectivity index (χ2v) is 11.8. The number of carbonyl (C=O) groups is 2. The van der Waals surface area contributed by atoms with Crippen molar-refractivity contribution in [2.24, 2.45) is 0 Å². The van der Waals surface area contributed by atoms with E-state index in [4.69, 9.17) is 23.3 Å². The van der Waals surface area contributed by atoms with Gasteiger partial charge in [-0.2, -0.15) is 5.09 Å². The van der Waals surface area contributed by atoms with Gasteiger partial charge in [0.1, 0.15) is 18.2 Å². The molecule has 0 bridgehead atoms. The number of H-pyrrole nitrogens is 1. The van der Waals surface area contributed by atoms with E-state index in [9.17, 15) is 28.8 Å². The Labute approximate surface area is 251 Å². The van der Waals surface area contributed by atoms with Crippen LogP contribution in [0.5, 0.6) is 11.5 Å². The van der Waals surface area contributed by atoms with Crippen molar-refractivity contribution in [2.75, 3.05) is 20.8 Å². The molecule has 0 aliphatic carbocycles. The number of hydrogen-bond acceptors (Lipinski definition) is 12. The lowest BCUT2D eigenvalue weighted by molar-refractivity contribution is -0.149. The Hall–Kier alpha value is -3.82. The number of esters is 2. The first-order valence-corrected chi connectivity index (χ1v) is 14.8. The molecule has 1 fully saturated rings. The van der Waals surface area contributed by atoms with E-state index in [0.29, 0.717) is 5.56 Å². The number of nitrogens with one attached hydrogen (secondary N) is 2. The molecule has 1 aliphatic rings. The fourth-order valence-corrected chi connectivity index (χ4v) is 5.59. The van der Waals surface area contributed by atoms with E-state index in [1.165, 1.54) is 51.5 Å². The average Bonchev–Trinajstić information content (AvgIpc) is 3.18. The van der Waals surface area contributed by atoms with Gasteiger partial charge in [0.2, 0.25) is 0 Å². The molecule has 6 unspecified atom stereocenters. The maximum atomic E-state index is 15.7. The summed E-state index contributed by atoms with van der Waals surface area (Å²) >= 11 is 0. The Morgan fingerprint density at radius 3 is 2.55 bits per heavy atom. The third-order valence-corrected chi connectivity index (χ3v) is 7.94. The van der Waals surface area contributed by atoms with Crippen molar-refractivity contribution < 1.29 is 51.6 Å². The van der Waals surface area contributed by atoms with Crippen LogP contribution in [0.15, 0.2) is 46.1 Å². The number of hydrogen-bond donors (Lipinski definition) is 3. The lowest BCUT2D eigenvalue weighted by Crippen LogP contribution is -2.43. The van der Waals surface area contributed by atoms with Crippen LogP contribution in [0.1, 0.15) is 39.5 Å². The van der Waals surface area contributed by atoms with Crippen molar-refractivity contribution >= 4 is 25.8 Å². The molecule has 17 heteroatoms. The van der Waals surface area contributed by atoms with Crippen LogP contribution in [0.25, 0.3) is 6.08 Å². The van der Waals surface area contributed by atoms with Crippen LogP contribution < -0.4 is 25.6 Å². The number of aliphatic hydroxyl groups excluding tert-OH is 1. The molecule has 1 aliphatic heterocycles. The van der Waals surface area contributed by atoms with Crippen LogP contribution in [0, 0.1) is 0 Å². The summed E-state index contributed by atoms with van der Waals surface area (Å²) in [5.41, 5.74) is -3.77. The van der Waals surface area contributed by atoms with Gasteiger partial charge in [0.05, 0.1) is 26.9 Å². The number of halogens is 1. The highest BCUT2D eigenvalue weighted by Crippen LogP contribution is 2.49. The summed E-state index contributed by atoms with van der Waals surface area (Å²) in [7, 11) is -2.04. The molecule has 6 atom stereocenters. The molecule has 44 heavy (non-hydrogen) atoms. The third-order valence-electron chi connectivity index (χ3n) is 6.31. The topological polar surface area (TPSA) is 194 Å². The van der Waals surface area contributed by atoms with Crippen molar-refractivity contribution in [2.45, 2.75) is 63.9 Å². The van der Waals surface area contributed by atoms with Gasteiger partial charge in [-0.1, -0.05) is 6.07 Å². The Morgan fingerprint density at radius 2 is 1.93 bits per heavy atom.